The molecule has 2 aliphatic rings. The van der Waals surface area contributed by atoms with Crippen LogP contribution in [0.25, 0.3) is 0 Å². The van der Waals surface area contributed by atoms with Gasteiger partial charge in [0.25, 0.3) is 0 Å². The van der Waals surface area contributed by atoms with Crippen LogP contribution in [0, 0.1) is 5.92 Å². The van der Waals surface area contributed by atoms with Crippen LogP contribution < -0.4 is 5.32 Å². The van der Waals surface area contributed by atoms with E-state index in [0.717, 1.165) is 18.8 Å². The normalized spacial score (nSPS) is 37.4. The van der Waals surface area contributed by atoms with Gasteiger partial charge in [0.1, 0.15) is 0 Å². The fraction of sp³-hybridized carbons (Fsp3) is 0.889. The van der Waals surface area contributed by atoms with Crippen molar-refractivity contribution >= 4 is 5.91 Å². The van der Waals surface area contributed by atoms with E-state index >= 15 is 0 Å². The standard InChI is InChI=1S/C9H15NO/c1-9(6-7-2-3-7)5-4-8(11)10-9/h7H,2-6H2,1H3,(H,10,11). The molecule has 1 amide bonds. The average molecular weight is 153 g/mol. The predicted octanol–water partition coefficient (Wildman–Crippen LogP) is 1.46. The summed E-state index contributed by atoms with van der Waals surface area (Å²) in [6.07, 6.45) is 5.75. The third kappa shape index (κ3) is 1.55. The Labute approximate surface area is 67.4 Å². The summed E-state index contributed by atoms with van der Waals surface area (Å²) in [7, 11) is 0. The highest BCUT2D eigenvalue weighted by molar-refractivity contribution is 5.79. The molecule has 1 heterocycles. The first-order chi connectivity index (χ1) is 5.18. The predicted molar refractivity (Wildman–Crippen MR) is 43.1 cm³/mol. The number of carbonyl (C=O) groups excluding carboxylic acids is 1. The van der Waals surface area contributed by atoms with Gasteiger partial charge >= 0.3 is 0 Å². The van der Waals surface area contributed by atoms with Crippen molar-refractivity contribution in [2.45, 2.75) is 44.6 Å². The van der Waals surface area contributed by atoms with Crippen molar-refractivity contribution < 1.29 is 4.79 Å². The second-order valence-electron chi connectivity index (χ2n) is 4.26. The Morgan fingerprint density at radius 3 is 2.82 bits per heavy atom. The van der Waals surface area contributed by atoms with Crippen molar-refractivity contribution in [3.63, 3.8) is 0 Å². The molecule has 0 spiro atoms. The molecule has 1 saturated heterocycles. The molecule has 62 valence electrons. The minimum atomic E-state index is 0.151. The quantitative estimate of drug-likeness (QED) is 0.639. The molecule has 1 aliphatic heterocycles. The summed E-state index contributed by atoms with van der Waals surface area (Å²) >= 11 is 0. The molecular formula is C9H15NO. The maximum atomic E-state index is 10.9. The topological polar surface area (TPSA) is 29.1 Å². The molecule has 1 unspecified atom stereocenters. The third-order valence-corrected chi connectivity index (χ3v) is 2.78. The van der Waals surface area contributed by atoms with Gasteiger partial charge in [-0.2, -0.15) is 0 Å². The van der Waals surface area contributed by atoms with Crippen LogP contribution in [0.4, 0.5) is 0 Å². The van der Waals surface area contributed by atoms with E-state index in [4.69, 9.17) is 0 Å². The zero-order valence-corrected chi connectivity index (χ0v) is 7.02. The Kier molecular flexibility index (Phi) is 1.44. The first-order valence-electron chi connectivity index (χ1n) is 4.49. The zero-order chi connectivity index (χ0) is 7.90. The van der Waals surface area contributed by atoms with Crippen LogP contribution in [0.3, 0.4) is 0 Å². The lowest BCUT2D eigenvalue weighted by atomic mass is 9.93. The monoisotopic (exact) mass is 153 g/mol. The van der Waals surface area contributed by atoms with Gasteiger partial charge in [0, 0.05) is 12.0 Å². The maximum absolute atomic E-state index is 10.9. The number of hydrogen-bond acceptors (Lipinski definition) is 1. The van der Waals surface area contributed by atoms with Crippen LogP contribution in [0.15, 0.2) is 0 Å². The van der Waals surface area contributed by atoms with Crippen LogP contribution in [-0.4, -0.2) is 11.4 Å². The van der Waals surface area contributed by atoms with Gasteiger partial charge in [-0.1, -0.05) is 12.8 Å². The van der Waals surface area contributed by atoms with E-state index < -0.39 is 0 Å². The first kappa shape index (κ1) is 7.14. The summed E-state index contributed by atoms with van der Waals surface area (Å²) in [6.45, 7) is 2.18. The summed E-state index contributed by atoms with van der Waals surface area (Å²) in [5, 5.41) is 3.06. The minimum absolute atomic E-state index is 0.151. The molecule has 0 aromatic heterocycles. The second kappa shape index (κ2) is 2.23. The van der Waals surface area contributed by atoms with Crippen molar-refractivity contribution in [3.05, 3.63) is 0 Å². The summed E-state index contributed by atoms with van der Waals surface area (Å²) in [4.78, 5) is 10.9. The summed E-state index contributed by atoms with van der Waals surface area (Å²) in [6, 6.07) is 0. The molecule has 0 aromatic rings. The molecule has 2 fully saturated rings. The molecule has 1 aliphatic carbocycles. The molecule has 2 rings (SSSR count). The van der Waals surface area contributed by atoms with E-state index in [1.807, 2.05) is 0 Å². The number of amides is 1. The lowest BCUT2D eigenvalue weighted by Gasteiger charge is -2.23. The van der Waals surface area contributed by atoms with Crippen LogP contribution in [0.1, 0.15) is 39.0 Å². The number of hydrogen-bond donors (Lipinski definition) is 1. The number of rotatable bonds is 2. The lowest BCUT2D eigenvalue weighted by Crippen LogP contribution is -2.38. The van der Waals surface area contributed by atoms with E-state index in [1.54, 1.807) is 0 Å². The Hall–Kier alpha value is -0.530. The highest BCUT2D eigenvalue weighted by atomic mass is 16.2. The molecule has 1 atom stereocenters. The van der Waals surface area contributed by atoms with Crippen molar-refractivity contribution in [3.8, 4) is 0 Å². The Bertz CT molecular complexity index is 186. The van der Waals surface area contributed by atoms with Gasteiger partial charge in [-0.15, -0.1) is 0 Å². The van der Waals surface area contributed by atoms with E-state index in [1.165, 1.54) is 19.3 Å². The Balaban J connectivity index is 1.92. The molecule has 2 heteroatoms. The largest absolute Gasteiger partial charge is 0.351 e. The summed E-state index contributed by atoms with van der Waals surface area (Å²) < 4.78 is 0. The molecule has 0 radical (unpaired) electrons. The van der Waals surface area contributed by atoms with Gasteiger partial charge in [-0.05, 0) is 25.7 Å². The zero-order valence-electron chi connectivity index (χ0n) is 7.02. The maximum Gasteiger partial charge on any atom is 0.220 e. The van der Waals surface area contributed by atoms with Gasteiger partial charge in [0.05, 0.1) is 0 Å². The van der Waals surface area contributed by atoms with Crippen LogP contribution in [0.2, 0.25) is 0 Å². The third-order valence-electron chi connectivity index (χ3n) is 2.78. The van der Waals surface area contributed by atoms with E-state index in [0.29, 0.717) is 0 Å². The second-order valence-corrected chi connectivity index (χ2v) is 4.26. The SMILES string of the molecule is CC1(CC2CC2)CCC(=O)N1. The summed E-state index contributed by atoms with van der Waals surface area (Å²) in [5.41, 5.74) is 0.151. The molecule has 1 N–H and O–H groups in total. The number of nitrogens with one attached hydrogen (secondary N) is 1. The van der Waals surface area contributed by atoms with Crippen LogP contribution >= 0.6 is 0 Å². The average Bonchev–Trinajstić information content (AvgIpc) is 2.62. The van der Waals surface area contributed by atoms with Crippen molar-refractivity contribution in [2.24, 2.45) is 5.92 Å². The van der Waals surface area contributed by atoms with Gasteiger partial charge in [0.2, 0.25) is 5.91 Å². The molecular weight excluding hydrogens is 138 g/mol. The van der Waals surface area contributed by atoms with Gasteiger partial charge in [-0.3, -0.25) is 4.79 Å². The van der Waals surface area contributed by atoms with Crippen LogP contribution in [-0.2, 0) is 4.79 Å². The molecule has 1 saturated carbocycles. The summed E-state index contributed by atoms with van der Waals surface area (Å²) in [5.74, 6) is 1.16. The van der Waals surface area contributed by atoms with Crippen molar-refractivity contribution in [2.75, 3.05) is 0 Å². The van der Waals surface area contributed by atoms with E-state index in [2.05, 4.69) is 12.2 Å². The van der Waals surface area contributed by atoms with Crippen molar-refractivity contribution in [1.82, 2.24) is 5.32 Å². The Morgan fingerprint density at radius 2 is 2.36 bits per heavy atom. The minimum Gasteiger partial charge on any atom is -0.351 e. The fourth-order valence-electron chi connectivity index (χ4n) is 1.96. The van der Waals surface area contributed by atoms with Crippen LogP contribution in [0.5, 0.6) is 0 Å². The van der Waals surface area contributed by atoms with Gasteiger partial charge in [-0.25, -0.2) is 0 Å². The molecule has 11 heavy (non-hydrogen) atoms. The smallest absolute Gasteiger partial charge is 0.220 e. The highest BCUT2D eigenvalue weighted by Gasteiger charge is 2.37. The molecule has 0 bridgehead atoms. The molecule has 0 aromatic carbocycles. The van der Waals surface area contributed by atoms with Crippen molar-refractivity contribution in [1.29, 1.82) is 0 Å². The number of carbonyl (C=O) groups is 1. The fourth-order valence-corrected chi connectivity index (χ4v) is 1.96. The first-order valence-corrected chi connectivity index (χ1v) is 4.49. The highest BCUT2D eigenvalue weighted by Crippen LogP contribution is 2.39. The van der Waals surface area contributed by atoms with Gasteiger partial charge < -0.3 is 5.32 Å². The van der Waals surface area contributed by atoms with Gasteiger partial charge in [0.15, 0.2) is 0 Å². The van der Waals surface area contributed by atoms with E-state index in [9.17, 15) is 4.79 Å². The van der Waals surface area contributed by atoms with E-state index in [-0.39, 0.29) is 11.4 Å². The lowest BCUT2D eigenvalue weighted by molar-refractivity contribution is -0.119. The Morgan fingerprint density at radius 1 is 1.64 bits per heavy atom. The molecule has 2 nitrogen and oxygen atoms in total.